The molecular weight excluding hydrogens is 550 g/mol. The number of nitrogens with zero attached hydrogens (tertiary/aromatic N) is 2. The molecule has 1 saturated heterocycles. The molecule has 1 fully saturated rings. The fraction of sp³-hybridized carbons (Fsp3) is 0.788. The third-order valence-corrected chi connectivity index (χ3v) is 7.65. The minimum absolute atomic E-state index is 0.0774. The monoisotopic (exact) mass is 607 g/mol. The van der Waals surface area contributed by atoms with Gasteiger partial charge in [0.2, 0.25) is 11.8 Å². The van der Waals surface area contributed by atoms with Gasteiger partial charge in [-0.3, -0.25) is 24.0 Å². The average molecular weight is 608 g/mol. The predicted molar refractivity (Wildman–Crippen MR) is 167 cm³/mol. The first-order chi connectivity index (χ1) is 20.5. The van der Waals surface area contributed by atoms with Crippen LogP contribution in [0.3, 0.4) is 0 Å². The van der Waals surface area contributed by atoms with Crippen molar-refractivity contribution in [3.8, 4) is 0 Å². The van der Waals surface area contributed by atoms with E-state index in [1.807, 2.05) is 4.90 Å². The average Bonchev–Trinajstić information content (AvgIpc) is 2.97. The van der Waals surface area contributed by atoms with Crippen LogP contribution in [-0.2, 0) is 33.4 Å². The lowest BCUT2D eigenvalue weighted by Crippen LogP contribution is -2.51. The smallest absolute Gasteiger partial charge is 0.303 e. The number of allylic oxidation sites excluding steroid dienone is 2. The molecule has 43 heavy (non-hydrogen) atoms. The topological polar surface area (TPSA) is 122 Å². The summed E-state index contributed by atoms with van der Waals surface area (Å²) in [5.74, 6) is -1.64. The molecule has 0 aliphatic carbocycles. The van der Waals surface area contributed by atoms with Gasteiger partial charge < -0.3 is 24.6 Å². The number of esters is 2. The van der Waals surface area contributed by atoms with Crippen LogP contribution in [0.25, 0.3) is 0 Å². The van der Waals surface area contributed by atoms with Crippen LogP contribution in [-0.4, -0.2) is 84.9 Å². The molecule has 0 aromatic carbocycles. The summed E-state index contributed by atoms with van der Waals surface area (Å²) < 4.78 is 10.2. The van der Waals surface area contributed by atoms with Crippen molar-refractivity contribution in [1.82, 2.24) is 15.1 Å². The number of rotatable bonds is 21. The van der Waals surface area contributed by atoms with E-state index in [1.165, 1.54) is 65.2 Å². The van der Waals surface area contributed by atoms with E-state index >= 15 is 0 Å². The van der Waals surface area contributed by atoms with Crippen LogP contribution in [0.4, 0.5) is 0 Å². The molecule has 246 valence electrons. The molecule has 1 heterocycles. The lowest BCUT2D eigenvalue weighted by Gasteiger charge is -2.35. The van der Waals surface area contributed by atoms with Crippen LogP contribution < -0.4 is 5.32 Å². The third-order valence-electron chi connectivity index (χ3n) is 7.65. The zero-order valence-corrected chi connectivity index (χ0v) is 27.4. The molecule has 1 N–H and O–H groups in total. The van der Waals surface area contributed by atoms with Crippen LogP contribution >= 0.6 is 0 Å². The van der Waals surface area contributed by atoms with Crippen molar-refractivity contribution in [3.05, 3.63) is 12.2 Å². The Morgan fingerprint density at radius 1 is 0.744 bits per heavy atom. The number of nitrogens with one attached hydrogen (secondary N) is 1. The SMILES string of the molecule is CCCCCC=CCCCCCCCCC(=O)N1CCN(C(=O)CCNC(=O)C(OC(C)=O)C(C)(C)COC(C)=O)CC1. The molecule has 0 spiro atoms. The first-order valence-corrected chi connectivity index (χ1v) is 16.3. The summed E-state index contributed by atoms with van der Waals surface area (Å²) in [6.45, 7) is 9.95. The molecule has 0 bridgehead atoms. The van der Waals surface area contributed by atoms with E-state index in [4.69, 9.17) is 9.47 Å². The lowest BCUT2D eigenvalue weighted by molar-refractivity contribution is -0.166. The minimum atomic E-state index is -1.18. The van der Waals surface area contributed by atoms with Crippen molar-refractivity contribution in [3.63, 3.8) is 0 Å². The zero-order valence-electron chi connectivity index (χ0n) is 27.4. The second-order valence-corrected chi connectivity index (χ2v) is 12.2. The van der Waals surface area contributed by atoms with E-state index in [1.54, 1.807) is 18.7 Å². The summed E-state index contributed by atoms with van der Waals surface area (Å²) in [5.41, 5.74) is -0.959. The lowest BCUT2D eigenvalue weighted by atomic mass is 9.86. The van der Waals surface area contributed by atoms with Crippen LogP contribution in [0.15, 0.2) is 12.2 Å². The molecule has 0 aromatic heterocycles. The summed E-state index contributed by atoms with van der Waals surface area (Å²) in [7, 11) is 0. The maximum atomic E-state index is 12.8. The van der Waals surface area contributed by atoms with Crippen molar-refractivity contribution < 1.29 is 33.4 Å². The Balaban J connectivity index is 2.24. The van der Waals surface area contributed by atoms with Gasteiger partial charge in [-0.15, -0.1) is 0 Å². The van der Waals surface area contributed by atoms with E-state index in [0.717, 1.165) is 19.3 Å². The largest absolute Gasteiger partial charge is 0.465 e. The molecule has 0 radical (unpaired) electrons. The van der Waals surface area contributed by atoms with Gasteiger partial charge in [-0.2, -0.15) is 0 Å². The number of amides is 3. The zero-order chi connectivity index (χ0) is 32.1. The van der Waals surface area contributed by atoms with Crippen LogP contribution in [0.1, 0.15) is 118 Å². The van der Waals surface area contributed by atoms with Gasteiger partial charge in [0.1, 0.15) is 6.61 Å². The highest BCUT2D eigenvalue weighted by molar-refractivity contribution is 5.85. The van der Waals surface area contributed by atoms with Crippen molar-refractivity contribution >= 4 is 29.7 Å². The van der Waals surface area contributed by atoms with Gasteiger partial charge in [-0.05, 0) is 32.1 Å². The summed E-state index contributed by atoms with van der Waals surface area (Å²) in [6, 6.07) is 0. The van der Waals surface area contributed by atoms with E-state index in [9.17, 15) is 24.0 Å². The number of carbonyl (C=O) groups is 5. The second kappa shape index (κ2) is 21.7. The maximum absolute atomic E-state index is 12.8. The Labute approximate surface area is 259 Å². The van der Waals surface area contributed by atoms with Crippen molar-refractivity contribution in [2.75, 3.05) is 39.3 Å². The molecule has 1 rings (SSSR count). The number of carbonyl (C=O) groups excluding carboxylic acids is 5. The number of hydrogen-bond acceptors (Lipinski definition) is 7. The van der Waals surface area contributed by atoms with E-state index in [0.29, 0.717) is 32.6 Å². The number of piperazine rings is 1. The van der Waals surface area contributed by atoms with Crippen molar-refractivity contribution in [2.45, 2.75) is 124 Å². The Hall–Kier alpha value is -2.91. The number of unbranched alkanes of at least 4 members (excludes halogenated alkanes) is 9. The van der Waals surface area contributed by atoms with Gasteiger partial charge in [0, 0.05) is 64.8 Å². The van der Waals surface area contributed by atoms with Gasteiger partial charge >= 0.3 is 11.9 Å². The van der Waals surface area contributed by atoms with Crippen LogP contribution in [0, 0.1) is 5.41 Å². The third kappa shape index (κ3) is 17.1. The van der Waals surface area contributed by atoms with E-state index in [2.05, 4.69) is 24.4 Å². The fourth-order valence-electron chi connectivity index (χ4n) is 5.00. The summed E-state index contributed by atoms with van der Waals surface area (Å²) in [5, 5.41) is 2.67. The second-order valence-electron chi connectivity index (χ2n) is 12.2. The maximum Gasteiger partial charge on any atom is 0.303 e. The summed E-state index contributed by atoms with van der Waals surface area (Å²) in [6.07, 6.45) is 17.2. The highest BCUT2D eigenvalue weighted by Crippen LogP contribution is 2.25. The predicted octanol–water partition coefficient (Wildman–Crippen LogP) is 4.94. The molecule has 10 heteroatoms. The highest BCUT2D eigenvalue weighted by Gasteiger charge is 2.39. The number of hydrogen-bond donors (Lipinski definition) is 1. The van der Waals surface area contributed by atoms with Crippen LogP contribution in [0.5, 0.6) is 0 Å². The summed E-state index contributed by atoms with van der Waals surface area (Å²) in [4.78, 5) is 64.5. The molecule has 1 aliphatic heterocycles. The number of ether oxygens (including phenoxy) is 2. The normalized spacial score (nSPS) is 14.4. The van der Waals surface area contributed by atoms with E-state index in [-0.39, 0.29) is 31.4 Å². The standard InChI is InChI=1S/C33H57N3O7/c1-6-7-8-9-10-11-12-13-14-15-16-17-18-19-29(39)35-22-24-36(25-23-35)30(40)20-21-34-32(41)31(43-28(3)38)33(4,5)26-42-27(2)37/h10-11,31H,6-9,12-26H2,1-5H3,(H,34,41). The molecule has 1 unspecified atom stereocenters. The minimum Gasteiger partial charge on any atom is -0.465 e. The molecule has 10 nitrogen and oxygen atoms in total. The highest BCUT2D eigenvalue weighted by atomic mass is 16.6. The first-order valence-electron chi connectivity index (χ1n) is 16.3. The molecule has 3 amide bonds. The Kier molecular flexibility index (Phi) is 19.3. The first kappa shape index (κ1) is 38.1. The fourth-order valence-corrected chi connectivity index (χ4v) is 5.00. The molecule has 0 saturated carbocycles. The molecular formula is C33H57N3O7. The van der Waals surface area contributed by atoms with Gasteiger partial charge in [0.15, 0.2) is 6.10 Å². The van der Waals surface area contributed by atoms with Crippen LogP contribution in [0.2, 0.25) is 0 Å². The molecule has 0 aromatic rings. The van der Waals surface area contributed by atoms with Gasteiger partial charge in [-0.1, -0.05) is 71.4 Å². The summed E-state index contributed by atoms with van der Waals surface area (Å²) >= 11 is 0. The van der Waals surface area contributed by atoms with Gasteiger partial charge in [0.25, 0.3) is 5.91 Å². The van der Waals surface area contributed by atoms with Crippen molar-refractivity contribution in [2.24, 2.45) is 5.41 Å². The van der Waals surface area contributed by atoms with Gasteiger partial charge in [0.05, 0.1) is 0 Å². The van der Waals surface area contributed by atoms with Gasteiger partial charge in [-0.25, -0.2) is 0 Å². The van der Waals surface area contributed by atoms with Crippen molar-refractivity contribution in [1.29, 1.82) is 0 Å². The molecule has 1 atom stereocenters. The molecule has 1 aliphatic rings. The van der Waals surface area contributed by atoms with E-state index < -0.39 is 29.4 Å². The Morgan fingerprint density at radius 2 is 1.26 bits per heavy atom. The quantitative estimate of drug-likeness (QED) is 0.111. The Morgan fingerprint density at radius 3 is 1.79 bits per heavy atom. The Bertz CT molecular complexity index is 895.